The van der Waals surface area contributed by atoms with E-state index in [4.69, 9.17) is 9.40 Å². The topological polar surface area (TPSA) is 26.0 Å². The number of fused-ring (bicyclic) bond motifs is 2. The third kappa shape index (κ3) is 4.75. The first-order valence-electron chi connectivity index (χ1n) is 12.4. The number of benzene rings is 3. The lowest BCUT2D eigenvalue weighted by molar-refractivity contribution is -0.211. The summed E-state index contributed by atoms with van der Waals surface area (Å²) in [6.07, 6.45) is -2.56. The average molecular weight is 502 g/mol. The molecule has 5 rings (SSSR count). The molecule has 2 heterocycles. The molecule has 0 N–H and O–H groups in total. The molecule has 0 bridgehead atoms. The van der Waals surface area contributed by atoms with Crippen molar-refractivity contribution in [3.8, 4) is 22.6 Å². The van der Waals surface area contributed by atoms with Crippen molar-refractivity contribution >= 4 is 21.7 Å². The Morgan fingerprint density at radius 2 is 1.46 bits per heavy atom. The Labute approximate surface area is 215 Å². The Bertz CT molecular complexity index is 1590. The van der Waals surface area contributed by atoms with Crippen molar-refractivity contribution in [2.45, 2.75) is 52.6 Å². The predicted molar refractivity (Wildman–Crippen MR) is 145 cm³/mol. The quantitative estimate of drug-likeness (QED) is 0.245. The highest BCUT2D eigenvalue weighted by atomic mass is 19.4. The second-order valence-electron chi connectivity index (χ2n) is 11.4. The molecular formula is C32H30F3NO. The van der Waals surface area contributed by atoms with E-state index < -0.39 is 11.6 Å². The van der Waals surface area contributed by atoms with Crippen molar-refractivity contribution in [3.05, 3.63) is 90.1 Å². The Morgan fingerprint density at radius 1 is 0.757 bits per heavy atom. The fraction of sp³-hybridized carbons (Fsp3) is 0.281. The molecule has 0 saturated heterocycles. The van der Waals surface area contributed by atoms with Gasteiger partial charge in [-0.05, 0) is 58.0 Å². The van der Waals surface area contributed by atoms with Crippen molar-refractivity contribution < 1.29 is 17.6 Å². The number of hydrogen-bond acceptors (Lipinski definition) is 2. The van der Waals surface area contributed by atoms with Crippen molar-refractivity contribution in [1.29, 1.82) is 0 Å². The maximum atomic E-state index is 13.3. The van der Waals surface area contributed by atoms with Gasteiger partial charge in [0.25, 0.3) is 0 Å². The average Bonchev–Trinajstić information content (AvgIpc) is 3.27. The van der Waals surface area contributed by atoms with Gasteiger partial charge in [-0.15, -0.1) is 0 Å². The van der Waals surface area contributed by atoms with Crippen molar-refractivity contribution in [1.82, 2.24) is 4.98 Å². The van der Waals surface area contributed by atoms with E-state index in [1.165, 1.54) is 24.8 Å². The summed E-state index contributed by atoms with van der Waals surface area (Å²) < 4.78 is 46.3. The zero-order chi connectivity index (χ0) is 26.6. The van der Waals surface area contributed by atoms with Gasteiger partial charge in [-0.2, -0.15) is 13.2 Å². The van der Waals surface area contributed by atoms with Gasteiger partial charge < -0.3 is 4.42 Å². The molecule has 3 aromatic carbocycles. The summed E-state index contributed by atoms with van der Waals surface area (Å²) in [7, 11) is 0. The molecule has 0 aliphatic rings. The number of rotatable bonds is 4. The van der Waals surface area contributed by atoms with Gasteiger partial charge in [0, 0.05) is 22.7 Å². The third-order valence-corrected chi connectivity index (χ3v) is 7.03. The number of halogens is 3. The Hall–Kier alpha value is -3.60. The van der Waals surface area contributed by atoms with Crippen LogP contribution in [-0.4, -0.2) is 11.2 Å². The van der Waals surface area contributed by atoms with Crippen LogP contribution in [0.1, 0.15) is 45.7 Å². The van der Waals surface area contributed by atoms with Crippen LogP contribution in [0.4, 0.5) is 13.2 Å². The van der Waals surface area contributed by atoms with E-state index in [1.807, 2.05) is 30.3 Å². The van der Waals surface area contributed by atoms with E-state index in [0.29, 0.717) is 16.9 Å². The minimum Gasteiger partial charge on any atom is -0.454 e. The minimum atomic E-state index is -4.26. The summed E-state index contributed by atoms with van der Waals surface area (Å²) in [6, 6.07) is 23.7. The summed E-state index contributed by atoms with van der Waals surface area (Å²) in [4.78, 5) is 4.69. The lowest BCUT2D eigenvalue weighted by Gasteiger charge is -2.27. The lowest BCUT2D eigenvalue weighted by Crippen LogP contribution is -2.34. The van der Waals surface area contributed by atoms with Crippen LogP contribution < -0.4 is 0 Å². The monoisotopic (exact) mass is 501 g/mol. The summed E-state index contributed by atoms with van der Waals surface area (Å²) in [5.74, 6) is 0.655. The van der Waals surface area contributed by atoms with Crippen LogP contribution >= 0.6 is 0 Å². The second-order valence-corrected chi connectivity index (χ2v) is 11.4. The zero-order valence-corrected chi connectivity index (χ0v) is 21.7. The number of aromatic nitrogens is 1. The largest absolute Gasteiger partial charge is 0.454 e. The summed E-state index contributed by atoms with van der Waals surface area (Å²) in [5, 5.41) is 3.29. The molecule has 0 amide bonds. The van der Waals surface area contributed by atoms with E-state index in [2.05, 4.69) is 51.1 Å². The van der Waals surface area contributed by atoms with E-state index in [-0.39, 0.29) is 11.8 Å². The maximum Gasteiger partial charge on any atom is 0.394 e. The molecule has 0 radical (unpaired) electrons. The maximum absolute atomic E-state index is 13.3. The van der Waals surface area contributed by atoms with Gasteiger partial charge in [0.05, 0.1) is 5.41 Å². The van der Waals surface area contributed by atoms with Gasteiger partial charge in [0.15, 0.2) is 5.58 Å². The molecule has 0 unspecified atom stereocenters. The van der Waals surface area contributed by atoms with Crippen LogP contribution in [0.3, 0.4) is 0 Å². The first kappa shape index (κ1) is 25.1. The Morgan fingerprint density at radius 3 is 2.14 bits per heavy atom. The molecule has 190 valence electrons. The van der Waals surface area contributed by atoms with Crippen LogP contribution in [-0.2, 0) is 11.8 Å². The molecule has 2 nitrogen and oxygen atoms in total. The molecular weight excluding hydrogens is 471 g/mol. The van der Waals surface area contributed by atoms with Crippen LogP contribution in [0, 0.1) is 5.41 Å². The van der Waals surface area contributed by atoms with Gasteiger partial charge in [-0.1, -0.05) is 83.1 Å². The van der Waals surface area contributed by atoms with Crippen LogP contribution in [0.25, 0.3) is 44.3 Å². The standard InChI is InChI=1S/C32H30F3NO/c1-30(2,3)26-17-24(16-22-8-6-7-9-25(22)26)28-29-23(14-15-36-28)18-27(37-29)21-12-10-20(11-13-21)19-31(4,5)32(33,34)35/h6-18H,19H2,1-5H3. The van der Waals surface area contributed by atoms with Gasteiger partial charge in [-0.3, -0.25) is 4.98 Å². The molecule has 0 aliphatic heterocycles. The molecule has 5 aromatic rings. The van der Waals surface area contributed by atoms with Gasteiger partial charge in [-0.25, -0.2) is 0 Å². The highest BCUT2D eigenvalue weighted by Crippen LogP contribution is 2.41. The van der Waals surface area contributed by atoms with E-state index >= 15 is 0 Å². The van der Waals surface area contributed by atoms with Crippen LogP contribution in [0.15, 0.2) is 83.4 Å². The minimum absolute atomic E-state index is 0.0553. The van der Waals surface area contributed by atoms with Crippen molar-refractivity contribution in [2.24, 2.45) is 5.41 Å². The van der Waals surface area contributed by atoms with Crippen LogP contribution in [0.2, 0.25) is 0 Å². The van der Waals surface area contributed by atoms with E-state index in [1.54, 1.807) is 18.3 Å². The lowest BCUT2D eigenvalue weighted by atomic mass is 9.82. The summed E-state index contributed by atoms with van der Waals surface area (Å²) in [5.41, 5.74) is 3.28. The number of alkyl halides is 3. The smallest absolute Gasteiger partial charge is 0.394 e. The first-order valence-corrected chi connectivity index (χ1v) is 12.4. The fourth-order valence-corrected chi connectivity index (χ4v) is 4.78. The van der Waals surface area contributed by atoms with Gasteiger partial charge in [0.2, 0.25) is 0 Å². The van der Waals surface area contributed by atoms with Gasteiger partial charge in [0.1, 0.15) is 11.5 Å². The van der Waals surface area contributed by atoms with Crippen molar-refractivity contribution in [3.63, 3.8) is 0 Å². The molecule has 0 aliphatic carbocycles. The third-order valence-electron chi connectivity index (χ3n) is 7.03. The summed E-state index contributed by atoms with van der Waals surface area (Å²) in [6.45, 7) is 9.07. The molecule has 0 saturated carbocycles. The number of pyridine rings is 1. The number of furan rings is 1. The zero-order valence-electron chi connectivity index (χ0n) is 21.7. The molecule has 2 aromatic heterocycles. The van der Waals surface area contributed by atoms with E-state index in [0.717, 1.165) is 27.6 Å². The SMILES string of the molecule is CC(C)(C)c1cc(-c2nccc3cc(-c4ccc(CC(C)(C)C(F)(F)F)cc4)oc23)cc2ccccc12. The number of nitrogens with zero attached hydrogens (tertiary/aromatic N) is 1. The van der Waals surface area contributed by atoms with Gasteiger partial charge >= 0.3 is 6.18 Å². The summed E-state index contributed by atoms with van der Waals surface area (Å²) >= 11 is 0. The van der Waals surface area contributed by atoms with Crippen molar-refractivity contribution in [2.75, 3.05) is 0 Å². The van der Waals surface area contributed by atoms with E-state index in [9.17, 15) is 13.2 Å². The molecule has 37 heavy (non-hydrogen) atoms. The Balaban J connectivity index is 1.55. The molecule has 0 fully saturated rings. The Kier molecular flexibility index (Phi) is 5.93. The molecule has 5 heteroatoms. The predicted octanol–water partition coefficient (Wildman–Crippen LogP) is 9.74. The van der Waals surface area contributed by atoms with Crippen LogP contribution in [0.5, 0.6) is 0 Å². The second kappa shape index (κ2) is 8.76. The highest BCUT2D eigenvalue weighted by molar-refractivity contribution is 5.97. The molecule has 0 atom stereocenters. The fourth-order valence-electron chi connectivity index (χ4n) is 4.78. The first-order chi connectivity index (χ1) is 17.3. The highest BCUT2D eigenvalue weighted by Gasteiger charge is 2.46. The molecule has 0 spiro atoms. The normalized spacial score (nSPS) is 13.0. The number of hydrogen-bond donors (Lipinski definition) is 0.